The van der Waals surface area contributed by atoms with Gasteiger partial charge in [0.15, 0.2) is 0 Å². The normalized spacial score (nSPS) is 10.2. The molecule has 0 amide bonds. The molecule has 0 spiro atoms. The molecule has 0 atom stereocenters. The Hall–Kier alpha value is -2.05. The first kappa shape index (κ1) is 14.4. The summed E-state index contributed by atoms with van der Waals surface area (Å²) in [6, 6.07) is 5.36. The lowest BCUT2D eigenvalue weighted by Crippen LogP contribution is -2.13. The molecule has 0 aliphatic carbocycles. The summed E-state index contributed by atoms with van der Waals surface area (Å²) in [5, 5.41) is 3.76. The summed E-state index contributed by atoms with van der Waals surface area (Å²) >= 11 is 6.17. The molecule has 0 fully saturated rings. The van der Waals surface area contributed by atoms with E-state index in [9.17, 15) is 0 Å². The predicted molar refractivity (Wildman–Crippen MR) is 80.5 cm³/mol. The van der Waals surface area contributed by atoms with Crippen LogP contribution in [0.1, 0.15) is 12.5 Å². The fourth-order valence-corrected chi connectivity index (χ4v) is 2.00. The first-order valence-corrected chi connectivity index (χ1v) is 6.48. The molecule has 0 aliphatic rings. The van der Waals surface area contributed by atoms with Gasteiger partial charge < -0.3 is 15.5 Å². The van der Waals surface area contributed by atoms with Crippen LogP contribution in [-0.2, 0) is 6.42 Å². The average molecular weight is 294 g/mol. The maximum absolute atomic E-state index is 6.17. The third kappa shape index (κ3) is 2.92. The first-order valence-electron chi connectivity index (χ1n) is 6.10. The molecule has 0 radical (unpaired) electrons. The molecule has 2 aromatic rings. The Morgan fingerprint density at radius 3 is 2.70 bits per heavy atom. The number of benzene rings is 1. The molecule has 7 heteroatoms. The molecule has 0 saturated heterocycles. The second-order valence-electron chi connectivity index (χ2n) is 4.02. The summed E-state index contributed by atoms with van der Waals surface area (Å²) in [6.07, 6.45) is 2.16. The summed E-state index contributed by atoms with van der Waals surface area (Å²) in [5.74, 6) is 7.40. The minimum absolute atomic E-state index is 0.578. The minimum atomic E-state index is 0.578. The molecule has 0 unspecified atom stereocenters. The van der Waals surface area contributed by atoms with Crippen LogP contribution in [0.25, 0.3) is 0 Å². The second kappa shape index (κ2) is 6.40. The van der Waals surface area contributed by atoms with Gasteiger partial charge in [0, 0.05) is 11.6 Å². The van der Waals surface area contributed by atoms with Gasteiger partial charge in [-0.05, 0) is 18.6 Å². The van der Waals surface area contributed by atoms with E-state index >= 15 is 0 Å². The summed E-state index contributed by atoms with van der Waals surface area (Å²) in [4.78, 5) is 8.31. The van der Waals surface area contributed by atoms with Crippen molar-refractivity contribution >= 4 is 28.9 Å². The Bertz CT molecular complexity index is 605. The topological polar surface area (TPSA) is 85.1 Å². The van der Waals surface area contributed by atoms with Gasteiger partial charge in [0.05, 0.1) is 17.8 Å². The lowest BCUT2D eigenvalue weighted by Gasteiger charge is -2.14. The van der Waals surface area contributed by atoms with E-state index in [1.165, 1.54) is 6.33 Å². The van der Waals surface area contributed by atoms with E-state index in [0.717, 1.165) is 12.0 Å². The van der Waals surface area contributed by atoms with Crippen molar-refractivity contribution in [3.05, 3.63) is 35.1 Å². The minimum Gasteiger partial charge on any atom is -0.497 e. The number of methoxy groups -OCH3 is 1. The molecule has 1 heterocycles. The highest BCUT2D eigenvalue weighted by molar-refractivity contribution is 6.33. The number of nitrogens with one attached hydrogen (secondary N) is 2. The van der Waals surface area contributed by atoms with Gasteiger partial charge in [0.1, 0.15) is 23.7 Å². The second-order valence-corrected chi connectivity index (χ2v) is 4.43. The Labute approximate surface area is 122 Å². The van der Waals surface area contributed by atoms with Gasteiger partial charge in [0.25, 0.3) is 0 Å². The van der Waals surface area contributed by atoms with Gasteiger partial charge in [-0.25, -0.2) is 15.8 Å². The number of aromatic nitrogens is 2. The first-order chi connectivity index (χ1) is 9.69. The van der Waals surface area contributed by atoms with Crippen LogP contribution in [-0.4, -0.2) is 17.1 Å². The zero-order valence-electron chi connectivity index (χ0n) is 11.3. The number of nitrogen functional groups attached to an aromatic ring is 1. The molecule has 0 bridgehead atoms. The third-order valence-corrected chi connectivity index (χ3v) is 3.19. The van der Waals surface area contributed by atoms with E-state index in [-0.39, 0.29) is 0 Å². The van der Waals surface area contributed by atoms with Crippen molar-refractivity contribution in [3.63, 3.8) is 0 Å². The molecular formula is C13H16ClN5O. The van der Waals surface area contributed by atoms with Crippen molar-refractivity contribution in [2.24, 2.45) is 5.84 Å². The van der Waals surface area contributed by atoms with E-state index in [1.54, 1.807) is 25.3 Å². The van der Waals surface area contributed by atoms with Crippen LogP contribution in [0.3, 0.4) is 0 Å². The molecule has 20 heavy (non-hydrogen) atoms. The van der Waals surface area contributed by atoms with Gasteiger partial charge in [0.2, 0.25) is 0 Å². The van der Waals surface area contributed by atoms with Crippen molar-refractivity contribution in [1.82, 2.24) is 9.97 Å². The number of hydrogen-bond acceptors (Lipinski definition) is 6. The van der Waals surface area contributed by atoms with Gasteiger partial charge in [-0.2, -0.15) is 0 Å². The highest BCUT2D eigenvalue weighted by Crippen LogP contribution is 2.31. The molecule has 106 valence electrons. The van der Waals surface area contributed by atoms with Gasteiger partial charge in [-0.15, -0.1) is 0 Å². The van der Waals surface area contributed by atoms with Crippen LogP contribution < -0.4 is 21.3 Å². The lowest BCUT2D eigenvalue weighted by molar-refractivity contribution is 0.415. The van der Waals surface area contributed by atoms with Crippen molar-refractivity contribution < 1.29 is 4.74 Å². The number of rotatable bonds is 5. The average Bonchev–Trinajstić information content (AvgIpc) is 2.49. The Kier molecular flexibility index (Phi) is 4.60. The molecular weight excluding hydrogens is 278 g/mol. The van der Waals surface area contributed by atoms with Crippen LogP contribution in [0, 0.1) is 0 Å². The fraction of sp³-hybridized carbons (Fsp3) is 0.231. The molecule has 1 aromatic heterocycles. The van der Waals surface area contributed by atoms with E-state index < -0.39 is 0 Å². The van der Waals surface area contributed by atoms with Gasteiger partial charge in [-0.3, -0.25) is 0 Å². The number of hydrogen-bond donors (Lipinski definition) is 3. The quantitative estimate of drug-likeness (QED) is 0.580. The van der Waals surface area contributed by atoms with Crippen LogP contribution in [0.2, 0.25) is 5.02 Å². The van der Waals surface area contributed by atoms with E-state index in [0.29, 0.717) is 28.1 Å². The van der Waals surface area contributed by atoms with E-state index in [2.05, 4.69) is 20.7 Å². The van der Waals surface area contributed by atoms with Crippen molar-refractivity contribution in [1.29, 1.82) is 0 Å². The van der Waals surface area contributed by atoms with Gasteiger partial charge >= 0.3 is 0 Å². The number of nitrogens with two attached hydrogens (primary N) is 1. The largest absolute Gasteiger partial charge is 0.497 e. The van der Waals surface area contributed by atoms with Gasteiger partial charge in [-0.1, -0.05) is 18.5 Å². The summed E-state index contributed by atoms with van der Waals surface area (Å²) in [5.41, 5.74) is 4.15. The molecule has 4 N–H and O–H groups in total. The molecule has 0 aliphatic heterocycles. The monoisotopic (exact) mass is 293 g/mol. The Morgan fingerprint density at radius 1 is 1.30 bits per heavy atom. The van der Waals surface area contributed by atoms with E-state index in [4.69, 9.17) is 22.2 Å². The molecule has 1 aromatic carbocycles. The number of halogens is 1. The highest BCUT2D eigenvalue weighted by Gasteiger charge is 2.11. The number of hydrazine groups is 1. The van der Waals surface area contributed by atoms with Crippen molar-refractivity contribution in [2.75, 3.05) is 17.9 Å². The maximum Gasteiger partial charge on any atom is 0.148 e. The predicted octanol–water partition coefficient (Wildman–Crippen LogP) is 2.73. The summed E-state index contributed by atoms with van der Waals surface area (Å²) in [7, 11) is 1.60. The van der Waals surface area contributed by atoms with Crippen LogP contribution >= 0.6 is 11.6 Å². The lowest BCUT2D eigenvalue weighted by atomic mass is 10.2. The molecule has 6 nitrogen and oxygen atoms in total. The number of anilines is 3. The third-order valence-electron chi connectivity index (χ3n) is 2.86. The smallest absolute Gasteiger partial charge is 0.148 e. The zero-order valence-corrected chi connectivity index (χ0v) is 12.0. The van der Waals surface area contributed by atoms with Crippen molar-refractivity contribution in [3.8, 4) is 5.75 Å². The molecule has 2 rings (SSSR count). The fourth-order valence-electron chi connectivity index (χ4n) is 1.83. The summed E-state index contributed by atoms with van der Waals surface area (Å²) in [6.45, 7) is 2.00. The standard InChI is InChI=1S/C13H16ClN5O/c1-3-9-12(16-7-17-13(9)19-15)18-11-6-8(20-2)4-5-10(11)14/h4-7H,3,15H2,1-2H3,(H2,16,17,18,19). The number of nitrogens with zero attached hydrogens (tertiary/aromatic N) is 2. The summed E-state index contributed by atoms with van der Waals surface area (Å²) < 4.78 is 5.19. The van der Waals surface area contributed by atoms with Crippen molar-refractivity contribution in [2.45, 2.75) is 13.3 Å². The highest BCUT2D eigenvalue weighted by atomic mass is 35.5. The van der Waals surface area contributed by atoms with Crippen LogP contribution in [0.15, 0.2) is 24.5 Å². The van der Waals surface area contributed by atoms with Crippen LogP contribution in [0.4, 0.5) is 17.3 Å². The Balaban J connectivity index is 2.39. The van der Waals surface area contributed by atoms with E-state index in [1.807, 2.05) is 6.92 Å². The SMILES string of the molecule is CCc1c(NN)ncnc1Nc1cc(OC)ccc1Cl. The van der Waals surface area contributed by atoms with Crippen LogP contribution in [0.5, 0.6) is 5.75 Å². The molecule has 0 saturated carbocycles. The number of ether oxygens (including phenoxy) is 1. The zero-order chi connectivity index (χ0) is 14.5. The Morgan fingerprint density at radius 2 is 2.05 bits per heavy atom. The maximum atomic E-state index is 6.17.